The zero-order chi connectivity index (χ0) is 19.3. The van der Waals surface area contributed by atoms with Crippen LogP contribution in [0, 0.1) is 0 Å². The summed E-state index contributed by atoms with van der Waals surface area (Å²) in [5.41, 5.74) is 0.698. The van der Waals surface area contributed by atoms with Gasteiger partial charge in [0.15, 0.2) is 8.32 Å². The zero-order valence-corrected chi connectivity index (χ0v) is 17.0. The number of nitrogens with one attached hydrogen (secondary N) is 1. The number of nitrogens with zero attached hydrogens (tertiary/aromatic N) is 1. The van der Waals surface area contributed by atoms with Crippen molar-refractivity contribution in [1.29, 1.82) is 0 Å². The molecule has 0 saturated carbocycles. The largest absolute Gasteiger partial charge is 0.411 e. The number of carbonyl (C=O) groups excluding carboxylic acids is 3. The van der Waals surface area contributed by atoms with Gasteiger partial charge in [-0.2, -0.15) is 0 Å². The second kappa shape index (κ2) is 6.31. The molecule has 3 rings (SSSR count). The molecule has 0 unspecified atom stereocenters. The summed E-state index contributed by atoms with van der Waals surface area (Å²) in [5, 5.41) is 2.75. The predicted octanol–water partition coefficient (Wildman–Crippen LogP) is 2.56. The Morgan fingerprint density at radius 2 is 1.62 bits per heavy atom. The minimum absolute atomic E-state index is 0.0343. The lowest BCUT2D eigenvalue weighted by molar-refractivity contribution is -0.130. The van der Waals surface area contributed by atoms with Gasteiger partial charge in [0.2, 0.25) is 5.91 Å². The third kappa shape index (κ3) is 2.99. The first-order valence-corrected chi connectivity index (χ1v) is 11.9. The molecule has 0 bridgehead atoms. The summed E-state index contributed by atoms with van der Waals surface area (Å²) in [4.78, 5) is 39.4. The van der Waals surface area contributed by atoms with Crippen LogP contribution in [0.5, 0.6) is 0 Å². The van der Waals surface area contributed by atoms with E-state index in [1.165, 1.54) is 0 Å². The zero-order valence-electron chi connectivity index (χ0n) is 16.0. The molecule has 2 atom stereocenters. The summed E-state index contributed by atoms with van der Waals surface area (Å²) in [6, 6.07) is 5.76. The van der Waals surface area contributed by atoms with Crippen molar-refractivity contribution in [3.63, 3.8) is 0 Å². The van der Waals surface area contributed by atoms with Gasteiger partial charge in [-0.25, -0.2) is 0 Å². The lowest BCUT2D eigenvalue weighted by Gasteiger charge is -2.44. The third-order valence-corrected chi connectivity index (χ3v) is 10.2. The van der Waals surface area contributed by atoms with E-state index in [9.17, 15) is 14.4 Å². The van der Waals surface area contributed by atoms with Crippen LogP contribution in [0.2, 0.25) is 18.1 Å². The first-order chi connectivity index (χ1) is 12.0. The summed E-state index contributed by atoms with van der Waals surface area (Å²) in [5.74, 6) is -1.16. The number of carbonyl (C=O) groups is 3. The smallest absolute Gasteiger partial charge is 0.262 e. The fourth-order valence-corrected chi connectivity index (χ4v) is 4.55. The van der Waals surface area contributed by atoms with E-state index in [0.29, 0.717) is 24.1 Å². The van der Waals surface area contributed by atoms with Crippen LogP contribution in [0.4, 0.5) is 0 Å². The lowest BCUT2D eigenvalue weighted by Crippen LogP contribution is -2.62. The fraction of sp³-hybridized carbons (Fsp3) is 0.526. The Morgan fingerprint density at radius 1 is 1.08 bits per heavy atom. The Labute approximate surface area is 155 Å². The van der Waals surface area contributed by atoms with Gasteiger partial charge in [-0.05, 0) is 36.7 Å². The molecule has 2 aliphatic heterocycles. The molecule has 6 nitrogen and oxygen atoms in total. The van der Waals surface area contributed by atoms with Gasteiger partial charge in [-0.1, -0.05) is 32.9 Å². The SMILES string of the molecule is CC(C)(C)[Si](C)(C)O[C@H]1CCNC(=O)[C@H]1N1C(=O)c2ccccc2C1=O. The van der Waals surface area contributed by atoms with E-state index in [1.807, 2.05) is 0 Å². The summed E-state index contributed by atoms with van der Waals surface area (Å²) in [6.07, 6.45) is 0.0999. The summed E-state index contributed by atoms with van der Waals surface area (Å²) >= 11 is 0. The average molecular weight is 375 g/mol. The number of amides is 3. The molecule has 0 radical (unpaired) electrons. The Balaban J connectivity index is 1.95. The first-order valence-electron chi connectivity index (χ1n) is 8.97. The molecule has 0 spiro atoms. The van der Waals surface area contributed by atoms with E-state index in [4.69, 9.17) is 4.43 Å². The second-order valence-corrected chi connectivity index (χ2v) is 13.2. The Morgan fingerprint density at radius 3 is 2.12 bits per heavy atom. The molecule has 1 N–H and O–H groups in total. The van der Waals surface area contributed by atoms with Crippen LogP contribution in [0.15, 0.2) is 24.3 Å². The van der Waals surface area contributed by atoms with Crippen molar-refractivity contribution in [1.82, 2.24) is 10.2 Å². The van der Waals surface area contributed by atoms with E-state index < -0.39 is 32.3 Å². The van der Waals surface area contributed by atoms with Crippen molar-refractivity contribution in [2.45, 2.75) is 57.5 Å². The predicted molar refractivity (Wildman–Crippen MR) is 100 cm³/mol. The molecule has 140 valence electrons. The van der Waals surface area contributed by atoms with Crippen LogP contribution in [-0.4, -0.2) is 49.6 Å². The normalized spacial score (nSPS) is 23.9. The number of hydrogen-bond donors (Lipinski definition) is 1. The summed E-state index contributed by atoms with van der Waals surface area (Å²) in [7, 11) is -2.17. The van der Waals surface area contributed by atoms with Crippen LogP contribution >= 0.6 is 0 Å². The number of rotatable bonds is 3. The summed E-state index contributed by atoms with van der Waals surface area (Å²) in [6.45, 7) is 11.1. The first kappa shape index (κ1) is 18.8. The number of piperidine rings is 1. The van der Waals surface area contributed by atoms with E-state index in [0.717, 1.165) is 4.90 Å². The van der Waals surface area contributed by atoms with Gasteiger partial charge in [0.05, 0.1) is 17.2 Å². The highest BCUT2D eigenvalue weighted by atomic mass is 28.4. The molecule has 7 heteroatoms. The van der Waals surface area contributed by atoms with Crippen LogP contribution < -0.4 is 5.32 Å². The Bertz CT molecular complexity index is 734. The highest BCUT2D eigenvalue weighted by Crippen LogP contribution is 2.39. The van der Waals surface area contributed by atoms with Crippen molar-refractivity contribution in [3.05, 3.63) is 35.4 Å². The fourth-order valence-electron chi connectivity index (χ4n) is 3.19. The molecule has 3 amide bonds. The van der Waals surface area contributed by atoms with E-state index >= 15 is 0 Å². The van der Waals surface area contributed by atoms with Crippen molar-refractivity contribution >= 4 is 26.0 Å². The molecular weight excluding hydrogens is 348 g/mol. The second-order valence-electron chi connectivity index (χ2n) is 8.47. The van der Waals surface area contributed by atoms with Crippen molar-refractivity contribution < 1.29 is 18.8 Å². The molecule has 2 heterocycles. The number of benzene rings is 1. The molecule has 1 saturated heterocycles. The molecule has 2 aliphatic rings. The van der Waals surface area contributed by atoms with Gasteiger partial charge in [0, 0.05) is 6.54 Å². The Kier molecular flexibility index (Phi) is 4.56. The van der Waals surface area contributed by atoms with Crippen LogP contribution in [0.3, 0.4) is 0 Å². The van der Waals surface area contributed by atoms with Gasteiger partial charge in [-0.15, -0.1) is 0 Å². The summed E-state index contributed by atoms with van der Waals surface area (Å²) < 4.78 is 6.47. The van der Waals surface area contributed by atoms with Gasteiger partial charge >= 0.3 is 0 Å². The maximum Gasteiger partial charge on any atom is 0.262 e. The molecular formula is C19H26N2O4Si. The van der Waals surface area contributed by atoms with Crippen LogP contribution in [0.25, 0.3) is 0 Å². The van der Waals surface area contributed by atoms with Crippen LogP contribution in [0.1, 0.15) is 47.9 Å². The minimum atomic E-state index is -2.17. The quantitative estimate of drug-likeness (QED) is 0.652. The number of hydrogen-bond acceptors (Lipinski definition) is 4. The van der Waals surface area contributed by atoms with Gasteiger partial charge in [0.25, 0.3) is 11.8 Å². The molecule has 26 heavy (non-hydrogen) atoms. The minimum Gasteiger partial charge on any atom is -0.411 e. The standard InChI is InChI=1S/C19H26N2O4Si/c1-19(2,3)26(4,5)25-14-10-11-20-16(22)15(14)21-17(23)12-8-6-7-9-13(12)18(21)24/h6-9,14-15H,10-11H2,1-5H3,(H,20,22)/t14-,15-/m0/s1. The molecule has 1 fully saturated rings. The van der Waals surface area contributed by atoms with E-state index in [-0.39, 0.29) is 10.9 Å². The monoisotopic (exact) mass is 374 g/mol. The van der Waals surface area contributed by atoms with Gasteiger partial charge in [-0.3, -0.25) is 19.3 Å². The van der Waals surface area contributed by atoms with Crippen LogP contribution in [-0.2, 0) is 9.22 Å². The highest BCUT2D eigenvalue weighted by Gasteiger charge is 2.50. The topological polar surface area (TPSA) is 75.7 Å². The molecule has 0 aromatic heterocycles. The van der Waals surface area contributed by atoms with Gasteiger partial charge < -0.3 is 9.74 Å². The van der Waals surface area contributed by atoms with E-state index in [1.54, 1.807) is 24.3 Å². The van der Waals surface area contributed by atoms with Crippen molar-refractivity contribution in [2.24, 2.45) is 0 Å². The maximum absolute atomic E-state index is 12.8. The number of imide groups is 1. The molecule has 1 aromatic rings. The molecule has 0 aliphatic carbocycles. The third-order valence-electron chi connectivity index (χ3n) is 5.70. The number of fused-ring (bicyclic) bond motifs is 1. The molecule has 1 aromatic carbocycles. The lowest BCUT2D eigenvalue weighted by atomic mass is 10.0. The Hall–Kier alpha value is -1.99. The van der Waals surface area contributed by atoms with Crippen molar-refractivity contribution in [2.75, 3.05) is 6.54 Å². The highest BCUT2D eigenvalue weighted by molar-refractivity contribution is 6.74. The maximum atomic E-state index is 12.8. The average Bonchev–Trinajstić information content (AvgIpc) is 2.79. The van der Waals surface area contributed by atoms with E-state index in [2.05, 4.69) is 39.2 Å². The van der Waals surface area contributed by atoms with Crippen molar-refractivity contribution in [3.8, 4) is 0 Å². The van der Waals surface area contributed by atoms with Gasteiger partial charge in [0.1, 0.15) is 6.04 Å².